The number of hydrogen-bond donors (Lipinski definition) is 4. The first-order valence-corrected chi connectivity index (χ1v) is 4.83. The van der Waals surface area contributed by atoms with Crippen LogP contribution in [0.4, 0.5) is 0 Å². The fourth-order valence-electron chi connectivity index (χ4n) is 0.822. The maximum Gasteiger partial charge on any atom is 0.336 e. The molecular weight excluding hydrogens is 200 g/mol. The van der Waals surface area contributed by atoms with E-state index < -0.39 is 11.6 Å². The molecule has 0 aliphatic rings. The highest BCUT2D eigenvalue weighted by Gasteiger charge is 2.29. The zero-order chi connectivity index (χ0) is 11.9. The minimum atomic E-state index is -1.84. The van der Waals surface area contributed by atoms with E-state index >= 15 is 0 Å². The number of amides is 1. The Balaban J connectivity index is 3.70. The highest BCUT2D eigenvalue weighted by molar-refractivity contribution is 5.79. The number of carboxylic acid groups (broad SMARTS) is 1. The fourth-order valence-corrected chi connectivity index (χ4v) is 0.822. The smallest absolute Gasteiger partial charge is 0.336 e. The maximum atomic E-state index is 11.1. The molecule has 0 spiro atoms. The van der Waals surface area contributed by atoms with E-state index in [0.29, 0.717) is 6.54 Å². The first-order chi connectivity index (χ1) is 6.90. The SMILES string of the molecule is CCCNC(=O)CNCC(C)(O)C(=O)O. The van der Waals surface area contributed by atoms with Gasteiger partial charge in [0.2, 0.25) is 5.91 Å². The molecule has 0 heterocycles. The van der Waals surface area contributed by atoms with E-state index in [1.165, 1.54) is 6.92 Å². The summed E-state index contributed by atoms with van der Waals surface area (Å²) in [6.07, 6.45) is 0.846. The molecule has 0 rings (SSSR count). The standard InChI is InChI=1S/C9H18N2O4/c1-3-4-11-7(12)5-10-6-9(2,15)8(13)14/h10,15H,3-6H2,1-2H3,(H,11,12)(H,13,14). The molecule has 0 bridgehead atoms. The van der Waals surface area contributed by atoms with Crippen LogP contribution in [-0.2, 0) is 9.59 Å². The van der Waals surface area contributed by atoms with E-state index in [2.05, 4.69) is 10.6 Å². The van der Waals surface area contributed by atoms with Crippen molar-refractivity contribution in [3.05, 3.63) is 0 Å². The van der Waals surface area contributed by atoms with Gasteiger partial charge in [-0.25, -0.2) is 4.79 Å². The van der Waals surface area contributed by atoms with Gasteiger partial charge in [-0.2, -0.15) is 0 Å². The topological polar surface area (TPSA) is 98.7 Å². The lowest BCUT2D eigenvalue weighted by molar-refractivity contribution is -0.156. The number of rotatable bonds is 7. The molecule has 6 nitrogen and oxygen atoms in total. The Morgan fingerprint density at radius 2 is 2.00 bits per heavy atom. The molecule has 0 aromatic heterocycles. The van der Waals surface area contributed by atoms with Crippen molar-refractivity contribution in [2.24, 2.45) is 0 Å². The monoisotopic (exact) mass is 218 g/mol. The van der Waals surface area contributed by atoms with E-state index in [1.54, 1.807) is 0 Å². The van der Waals surface area contributed by atoms with Gasteiger partial charge in [-0.1, -0.05) is 6.92 Å². The van der Waals surface area contributed by atoms with Crippen LogP contribution < -0.4 is 10.6 Å². The van der Waals surface area contributed by atoms with Gasteiger partial charge in [0.1, 0.15) is 0 Å². The van der Waals surface area contributed by atoms with Gasteiger partial charge < -0.3 is 20.8 Å². The first kappa shape index (κ1) is 13.9. The second-order valence-corrected chi connectivity index (χ2v) is 3.53. The molecule has 0 radical (unpaired) electrons. The molecule has 0 aliphatic heterocycles. The summed E-state index contributed by atoms with van der Waals surface area (Å²) in [7, 11) is 0. The summed E-state index contributed by atoms with van der Waals surface area (Å²) in [5, 5.41) is 23.0. The van der Waals surface area contributed by atoms with Crippen LogP contribution in [0, 0.1) is 0 Å². The average molecular weight is 218 g/mol. The normalized spacial score (nSPS) is 14.3. The molecule has 0 saturated heterocycles. The van der Waals surface area contributed by atoms with Gasteiger partial charge in [-0.05, 0) is 13.3 Å². The van der Waals surface area contributed by atoms with E-state index in [1.807, 2.05) is 6.92 Å². The Hall–Kier alpha value is -1.14. The predicted molar refractivity (Wildman–Crippen MR) is 54.4 cm³/mol. The van der Waals surface area contributed by atoms with Gasteiger partial charge >= 0.3 is 5.97 Å². The second-order valence-electron chi connectivity index (χ2n) is 3.53. The number of carboxylic acids is 1. The minimum Gasteiger partial charge on any atom is -0.479 e. The van der Waals surface area contributed by atoms with Crippen molar-refractivity contribution < 1.29 is 19.8 Å². The van der Waals surface area contributed by atoms with Gasteiger partial charge in [0.15, 0.2) is 5.60 Å². The van der Waals surface area contributed by atoms with Crippen LogP contribution in [0.5, 0.6) is 0 Å². The molecular formula is C9H18N2O4. The summed E-state index contributed by atoms with van der Waals surface area (Å²) in [5.41, 5.74) is -1.84. The molecule has 15 heavy (non-hydrogen) atoms. The third kappa shape index (κ3) is 6.03. The van der Waals surface area contributed by atoms with E-state index in [-0.39, 0.29) is 19.0 Å². The molecule has 0 aliphatic carbocycles. The number of aliphatic hydroxyl groups is 1. The molecule has 1 unspecified atom stereocenters. The summed E-state index contributed by atoms with van der Waals surface area (Å²) >= 11 is 0. The Morgan fingerprint density at radius 1 is 1.40 bits per heavy atom. The first-order valence-electron chi connectivity index (χ1n) is 4.83. The Labute approximate surface area is 88.7 Å². The van der Waals surface area contributed by atoms with E-state index in [4.69, 9.17) is 5.11 Å². The fraction of sp³-hybridized carbons (Fsp3) is 0.778. The molecule has 0 aromatic rings. The number of carbonyl (C=O) groups is 2. The third-order valence-electron chi connectivity index (χ3n) is 1.79. The minimum absolute atomic E-state index is 0.00340. The summed E-state index contributed by atoms with van der Waals surface area (Å²) in [6, 6.07) is 0. The van der Waals surface area contributed by atoms with Crippen molar-refractivity contribution in [2.45, 2.75) is 25.9 Å². The van der Waals surface area contributed by atoms with Gasteiger partial charge in [-0.3, -0.25) is 4.79 Å². The lowest BCUT2D eigenvalue weighted by atomic mass is 10.1. The largest absolute Gasteiger partial charge is 0.479 e. The van der Waals surface area contributed by atoms with Crippen LogP contribution in [0.3, 0.4) is 0 Å². The summed E-state index contributed by atoms with van der Waals surface area (Å²) < 4.78 is 0. The molecule has 4 N–H and O–H groups in total. The van der Waals surface area contributed by atoms with Crippen LogP contribution in [0.2, 0.25) is 0 Å². The summed E-state index contributed by atoms with van der Waals surface area (Å²) in [6.45, 7) is 3.54. The van der Waals surface area contributed by atoms with E-state index in [9.17, 15) is 14.7 Å². The number of hydrogen-bond acceptors (Lipinski definition) is 4. The van der Waals surface area contributed by atoms with E-state index in [0.717, 1.165) is 6.42 Å². The van der Waals surface area contributed by atoms with Gasteiger partial charge in [0, 0.05) is 13.1 Å². The van der Waals surface area contributed by atoms with Crippen LogP contribution >= 0.6 is 0 Å². The van der Waals surface area contributed by atoms with Crippen molar-refractivity contribution in [1.29, 1.82) is 0 Å². The Bertz CT molecular complexity index is 228. The highest BCUT2D eigenvalue weighted by atomic mass is 16.4. The lowest BCUT2D eigenvalue weighted by Crippen LogP contribution is -2.47. The summed E-state index contributed by atoms with van der Waals surface area (Å²) in [4.78, 5) is 21.5. The van der Waals surface area contributed by atoms with Crippen molar-refractivity contribution >= 4 is 11.9 Å². The Kier molecular flexibility index (Phi) is 5.88. The van der Waals surface area contributed by atoms with Gasteiger partial charge in [0.05, 0.1) is 6.54 Å². The number of carbonyl (C=O) groups excluding carboxylic acids is 1. The Morgan fingerprint density at radius 3 is 2.47 bits per heavy atom. The number of nitrogens with one attached hydrogen (secondary N) is 2. The van der Waals surface area contributed by atoms with Crippen molar-refractivity contribution in [3.63, 3.8) is 0 Å². The van der Waals surface area contributed by atoms with Crippen LogP contribution in [-0.4, -0.2) is 47.3 Å². The quantitative estimate of drug-likeness (QED) is 0.436. The van der Waals surface area contributed by atoms with Crippen molar-refractivity contribution in [1.82, 2.24) is 10.6 Å². The second kappa shape index (κ2) is 6.36. The van der Waals surface area contributed by atoms with Gasteiger partial charge in [-0.15, -0.1) is 0 Å². The van der Waals surface area contributed by atoms with Crippen LogP contribution in [0.15, 0.2) is 0 Å². The third-order valence-corrected chi connectivity index (χ3v) is 1.79. The van der Waals surface area contributed by atoms with Crippen LogP contribution in [0.25, 0.3) is 0 Å². The molecule has 0 saturated carbocycles. The zero-order valence-corrected chi connectivity index (χ0v) is 9.04. The maximum absolute atomic E-state index is 11.1. The van der Waals surface area contributed by atoms with Crippen LogP contribution in [0.1, 0.15) is 20.3 Å². The van der Waals surface area contributed by atoms with Crippen molar-refractivity contribution in [3.8, 4) is 0 Å². The molecule has 88 valence electrons. The predicted octanol–water partition coefficient (Wildman–Crippen LogP) is -1.06. The lowest BCUT2D eigenvalue weighted by Gasteiger charge is -2.18. The van der Waals surface area contributed by atoms with Crippen molar-refractivity contribution in [2.75, 3.05) is 19.6 Å². The average Bonchev–Trinajstić information content (AvgIpc) is 2.14. The molecule has 6 heteroatoms. The summed E-state index contributed by atoms with van der Waals surface area (Å²) in [5.74, 6) is -1.53. The molecule has 0 fully saturated rings. The molecule has 0 aromatic carbocycles. The zero-order valence-electron chi connectivity index (χ0n) is 9.04. The highest BCUT2D eigenvalue weighted by Crippen LogP contribution is 1.99. The molecule has 1 atom stereocenters. The van der Waals surface area contributed by atoms with Gasteiger partial charge in [0.25, 0.3) is 0 Å². The molecule has 1 amide bonds. The number of aliphatic carboxylic acids is 1.